The van der Waals surface area contributed by atoms with Crippen molar-refractivity contribution >= 4 is 6.21 Å². The molecule has 0 bridgehead atoms. The molecule has 1 aliphatic heterocycles. The number of rotatable bonds is 1. The molecule has 0 aromatic heterocycles. The fourth-order valence-electron chi connectivity index (χ4n) is 0.643. The largest absolute Gasteiger partial charge is 0.525 e. The van der Waals surface area contributed by atoms with Crippen LogP contribution in [-0.4, -0.2) is 37.4 Å². The Hall–Kier alpha value is -0.620. The van der Waals surface area contributed by atoms with Crippen LogP contribution in [0.5, 0.6) is 0 Å². The van der Waals surface area contributed by atoms with Crippen LogP contribution in [0.2, 0.25) is 0 Å². The summed E-state index contributed by atoms with van der Waals surface area (Å²) < 4.78 is 38.2. The van der Waals surface area contributed by atoms with Gasteiger partial charge in [0.05, 0.1) is 6.21 Å². The molecular weight excluding hydrogens is 161 g/mol. The third-order valence-corrected chi connectivity index (χ3v) is 1.14. The van der Waals surface area contributed by atoms with Crippen LogP contribution >= 0.6 is 0 Å². The van der Waals surface area contributed by atoms with Gasteiger partial charge in [-0.25, -0.2) is 4.99 Å². The average molecular weight is 167 g/mol. The van der Waals surface area contributed by atoms with E-state index in [1.807, 2.05) is 0 Å². The van der Waals surface area contributed by atoms with E-state index in [-0.39, 0.29) is 6.54 Å². The zero-order chi connectivity index (χ0) is 8.48. The predicted octanol–water partition coefficient (Wildman–Crippen LogP) is 0.700. The Labute approximate surface area is 61.5 Å². The molecule has 63 valence electrons. The van der Waals surface area contributed by atoms with Gasteiger partial charge in [-0.2, -0.15) is 0 Å². The molecule has 0 aromatic rings. The highest BCUT2D eigenvalue weighted by Crippen LogP contribution is 2.21. The number of aliphatic imine (C=N–C) groups is 1. The van der Waals surface area contributed by atoms with Crippen LogP contribution in [0.15, 0.2) is 4.99 Å². The number of halogens is 3. The minimum absolute atomic E-state index is 0.265. The Balaban J connectivity index is 2.43. The maximum Gasteiger partial charge on any atom is 0.525 e. The van der Waals surface area contributed by atoms with E-state index in [1.165, 1.54) is 11.9 Å². The summed E-state index contributed by atoms with van der Waals surface area (Å²) in [6.07, 6.45) is -3.51. The van der Waals surface area contributed by atoms with Crippen molar-refractivity contribution in [2.45, 2.75) is 12.7 Å². The fourth-order valence-corrected chi connectivity index (χ4v) is 0.643. The van der Waals surface area contributed by atoms with Crippen LogP contribution in [0, 0.1) is 0 Å². The predicted molar refractivity (Wildman–Crippen MR) is 31.0 cm³/mol. The van der Waals surface area contributed by atoms with E-state index < -0.39 is 12.7 Å². The molecule has 0 aliphatic carbocycles. The lowest BCUT2D eigenvalue weighted by atomic mass is 10.7. The number of hydrogen-bond acceptors (Lipinski definition) is 3. The van der Waals surface area contributed by atoms with Gasteiger partial charge < -0.3 is 0 Å². The maximum absolute atomic E-state index is 11.5. The van der Waals surface area contributed by atoms with Crippen LogP contribution in [0.3, 0.4) is 0 Å². The molecule has 0 aromatic carbocycles. The molecule has 1 heterocycles. The second-order valence-corrected chi connectivity index (χ2v) is 2.09. The first-order chi connectivity index (χ1) is 4.99. The number of ether oxygens (including phenoxy) is 1. The number of alkyl halides is 3. The summed E-state index contributed by atoms with van der Waals surface area (Å²) in [5.74, 6) is 0. The van der Waals surface area contributed by atoms with Gasteiger partial charge in [0.1, 0.15) is 0 Å². The van der Waals surface area contributed by atoms with Crippen LogP contribution < -0.4 is 0 Å². The van der Waals surface area contributed by atoms with E-state index in [0.717, 1.165) is 0 Å². The van der Waals surface area contributed by atoms with Gasteiger partial charge in [-0.3, -0.25) is 9.64 Å². The minimum atomic E-state index is -4.63. The van der Waals surface area contributed by atoms with Crippen molar-refractivity contribution in [1.29, 1.82) is 0 Å². The monoisotopic (exact) mass is 167 g/mol. The van der Waals surface area contributed by atoms with E-state index in [2.05, 4.69) is 15.9 Å². The van der Waals surface area contributed by atoms with Crippen molar-refractivity contribution in [3.63, 3.8) is 0 Å². The van der Waals surface area contributed by atoms with Crippen LogP contribution in [-0.2, 0) is 4.74 Å². The standard InChI is InChI=1S/C5H6F3N2O/c1-10-3-2-9-4(10)11-5(6,7)8/h4H,3H2,1H3. The zero-order valence-electron chi connectivity index (χ0n) is 5.72. The van der Waals surface area contributed by atoms with E-state index >= 15 is 0 Å². The van der Waals surface area contributed by atoms with Gasteiger partial charge in [0.2, 0.25) is 6.35 Å². The lowest BCUT2D eigenvalue weighted by molar-refractivity contribution is -0.355. The molecule has 3 nitrogen and oxygen atoms in total. The molecule has 0 spiro atoms. The van der Waals surface area contributed by atoms with Gasteiger partial charge in [0.15, 0.2) is 0 Å². The summed E-state index contributed by atoms with van der Waals surface area (Å²) in [6.45, 7) is 0.265. The first-order valence-corrected chi connectivity index (χ1v) is 2.86. The van der Waals surface area contributed by atoms with Crippen LogP contribution in [0.25, 0.3) is 0 Å². The van der Waals surface area contributed by atoms with Crippen molar-refractivity contribution in [3.05, 3.63) is 0 Å². The van der Waals surface area contributed by atoms with Crippen molar-refractivity contribution < 1.29 is 17.9 Å². The van der Waals surface area contributed by atoms with Crippen LogP contribution in [0.4, 0.5) is 13.2 Å². The molecule has 0 fully saturated rings. The Kier molecular flexibility index (Phi) is 2.15. The fraction of sp³-hybridized carbons (Fsp3) is 0.800. The average Bonchev–Trinajstić information content (AvgIpc) is 2.12. The van der Waals surface area contributed by atoms with E-state index in [1.54, 1.807) is 0 Å². The summed E-state index contributed by atoms with van der Waals surface area (Å²) in [5, 5.41) is 0. The highest BCUT2D eigenvalue weighted by molar-refractivity contribution is 5.61. The minimum Gasteiger partial charge on any atom is -0.256 e. The summed E-state index contributed by atoms with van der Waals surface area (Å²) in [5.41, 5.74) is 0. The van der Waals surface area contributed by atoms with Gasteiger partial charge in [-0.1, -0.05) is 0 Å². The quantitative estimate of drug-likeness (QED) is 0.574. The summed E-state index contributed by atoms with van der Waals surface area (Å²) in [4.78, 5) is 4.62. The van der Waals surface area contributed by atoms with Gasteiger partial charge in [0.25, 0.3) is 0 Å². The Morgan fingerprint density at radius 2 is 2.27 bits per heavy atom. The second-order valence-electron chi connectivity index (χ2n) is 2.09. The van der Waals surface area contributed by atoms with Crippen LogP contribution in [0.1, 0.15) is 0 Å². The van der Waals surface area contributed by atoms with Crippen molar-refractivity contribution in [3.8, 4) is 0 Å². The molecule has 1 aliphatic rings. The zero-order valence-corrected chi connectivity index (χ0v) is 5.72. The summed E-state index contributed by atoms with van der Waals surface area (Å²) >= 11 is 0. The molecule has 1 rings (SSSR count). The van der Waals surface area contributed by atoms with E-state index in [0.29, 0.717) is 0 Å². The lowest BCUT2D eigenvalue weighted by Crippen LogP contribution is -2.33. The third kappa shape index (κ3) is 2.47. The lowest BCUT2D eigenvalue weighted by Gasteiger charge is -2.18. The molecule has 11 heavy (non-hydrogen) atoms. The SMILES string of the molecule is CN1C[C]=NC1OC(F)(F)F. The Bertz CT molecular complexity index is 168. The summed E-state index contributed by atoms with van der Waals surface area (Å²) in [6, 6.07) is 0. The van der Waals surface area contributed by atoms with Gasteiger partial charge in [-0.05, 0) is 7.05 Å². The molecule has 0 saturated heterocycles. The number of hydrogen-bond donors (Lipinski definition) is 0. The first-order valence-electron chi connectivity index (χ1n) is 2.86. The van der Waals surface area contributed by atoms with E-state index in [4.69, 9.17) is 0 Å². The normalized spacial score (nSPS) is 26.4. The third-order valence-electron chi connectivity index (χ3n) is 1.14. The molecule has 0 amide bonds. The topological polar surface area (TPSA) is 24.8 Å². The molecule has 0 saturated carbocycles. The molecule has 6 heteroatoms. The Morgan fingerprint density at radius 3 is 2.64 bits per heavy atom. The van der Waals surface area contributed by atoms with E-state index in [9.17, 15) is 13.2 Å². The molecule has 1 unspecified atom stereocenters. The smallest absolute Gasteiger partial charge is 0.256 e. The molecule has 0 N–H and O–H groups in total. The highest BCUT2D eigenvalue weighted by Gasteiger charge is 2.36. The molecule has 1 radical (unpaired) electrons. The molecule has 1 atom stereocenters. The van der Waals surface area contributed by atoms with Crippen molar-refractivity contribution in [1.82, 2.24) is 4.90 Å². The van der Waals surface area contributed by atoms with Crippen molar-refractivity contribution in [2.24, 2.45) is 4.99 Å². The molecular formula is C5H6F3N2O. The first kappa shape index (κ1) is 8.48. The summed E-state index contributed by atoms with van der Waals surface area (Å²) in [7, 11) is 1.47. The Morgan fingerprint density at radius 1 is 1.64 bits per heavy atom. The van der Waals surface area contributed by atoms with Gasteiger partial charge in [0, 0.05) is 6.54 Å². The maximum atomic E-state index is 11.5. The number of nitrogens with zero attached hydrogens (tertiary/aromatic N) is 2. The second kappa shape index (κ2) is 2.78. The highest BCUT2D eigenvalue weighted by atomic mass is 19.4. The van der Waals surface area contributed by atoms with Gasteiger partial charge >= 0.3 is 6.36 Å². The van der Waals surface area contributed by atoms with Crippen molar-refractivity contribution in [2.75, 3.05) is 13.6 Å². The van der Waals surface area contributed by atoms with Gasteiger partial charge in [-0.15, -0.1) is 13.2 Å².